The second kappa shape index (κ2) is 5.72. The van der Waals surface area contributed by atoms with Crippen molar-refractivity contribution >= 4 is 21.7 Å². The fourth-order valence-electron chi connectivity index (χ4n) is 0.685. The number of carbonyl (C=O) groups is 1. The Balaban J connectivity index is 0.000000561. The first kappa shape index (κ1) is 11.1. The summed E-state index contributed by atoms with van der Waals surface area (Å²) < 4.78 is 0.998. The summed E-state index contributed by atoms with van der Waals surface area (Å²) in [4.78, 5) is 10.7. The van der Waals surface area contributed by atoms with Crippen molar-refractivity contribution in [2.75, 3.05) is 0 Å². The zero-order valence-corrected chi connectivity index (χ0v) is 8.60. The summed E-state index contributed by atoms with van der Waals surface area (Å²) >= 11 is 3.28. The van der Waals surface area contributed by atoms with Gasteiger partial charge in [-0.25, -0.2) is 0 Å². The average Bonchev–Trinajstić information content (AvgIpc) is 2.09. The molecule has 1 rings (SSSR count). The van der Waals surface area contributed by atoms with Gasteiger partial charge in [0.15, 0.2) is 5.78 Å². The van der Waals surface area contributed by atoms with Gasteiger partial charge in [-0.2, -0.15) is 0 Å². The van der Waals surface area contributed by atoms with Gasteiger partial charge in [0, 0.05) is 10.0 Å². The Bertz CT molecular complexity index is 251. The maximum atomic E-state index is 10.7. The minimum absolute atomic E-state index is 0.104. The molecule has 0 aliphatic heterocycles. The van der Waals surface area contributed by atoms with Crippen molar-refractivity contribution in [3.8, 4) is 0 Å². The largest absolute Gasteiger partial charge is 0.295 e. The smallest absolute Gasteiger partial charge is 0.159 e. The van der Waals surface area contributed by atoms with Crippen molar-refractivity contribution in [3.05, 3.63) is 47.5 Å². The van der Waals surface area contributed by atoms with Crippen LogP contribution in [0.3, 0.4) is 0 Å². The predicted molar refractivity (Wildman–Crippen MR) is 55.4 cm³/mol. The van der Waals surface area contributed by atoms with E-state index >= 15 is 0 Å². The summed E-state index contributed by atoms with van der Waals surface area (Å²) in [6.07, 6.45) is 0. The Morgan fingerprint density at radius 3 is 2.00 bits per heavy atom. The summed E-state index contributed by atoms with van der Waals surface area (Å²) in [7, 11) is 0. The maximum absolute atomic E-state index is 10.7. The monoisotopic (exact) mass is 226 g/mol. The zero-order chi connectivity index (χ0) is 9.56. The van der Waals surface area contributed by atoms with E-state index in [1.807, 2.05) is 12.1 Å². The van der Waals surface area contributed by atoms with E-state index in [9.17, 15) is 4.79 Å². The van der Waals surface area contributed by atoms with Crippen LogP contribution in [0.4, 0.5) is 0 Å². The van der Waals surface area contributed by atoms with Crippen molar-refractivity contribution in [1.29, 1.82) is 0 Å². The van der Waals surface area contributed by atoms with Crippen LogP contribution >= 0.6 is 15.9 Å². The molecule has 0 aliphatic carbocycles. The van der Waals surface area contributed by atoms with Crippen LogP contribution in [0, 0.1) is 0 Å². The van der Waals surface area contributed by atoms with E-state index in [2.05, 4.69) is 29.1 Å². The Kier molecular flexibility index (Phi) is 5.30. The Hall–Kier alpha value is -0.890. The van der Waals surface area contributed by atoms with E-state index < -0.39 is 0 Å². The van der Waals surface area contributed by atoms with Crippen molar-refractivity contribution in [2.45, 2.75) is 6.92 Å². The predicted octanol–water partition coefficient (Wildman–Crippen LogP) is 3.45. The average molecular weight is 227 g/mol. The van der Waals surface area contributed by atoms with Crippen LogP contribution in [-0.4, -0.2) is 5.78 Å². The summed E-state index contributed by atoms with van der Waals surface area (Å²) in [5.74, 6) is 0.104. The van der Waals surface area contributed by atoms with Crippen LogP contribution in [0.15, 0.2) is 41.9 Å². The molecule has 0 bridgehead atoms. The molecular weight excluding hydrogens is 216 g/mol. The highest BCUT2D eigenvalue weighted by Gasteiger charge is 1.95. The quantitative estimate of drug-likeness (QED) is 0.530. The third kappa shape index (κ3) is 3.49. The number of halogens is 1. The molecule has 1 nitrogen and oxygen atoms in total. The third-order valence-electron chi connectivity index (χ3n) is 1.25. The van der Waals surface area contributed by atoms with E-state index in [1.54, 1.807) is 19.1 Å². The summed E-state index contributed by atoms with van der Waals surface area (Å²) in [5, 5.41) is 0. The van der Waals surface area contributed by atoms with Gasteiger partial charge in [0.2, 0.25) is 0 Å². The second-order valence-corrected chi connectivity index (χ2v) is 2.98. The van der Waals surface area contributed by atoms with Gasteiger partial charge in [0.25, 0.3) is 0 Å². The molecule has 0 atom stereocenters. The lowest BCUT2D eigenvalue weighted by Gasteiger charge is -1.92. The number of Topliss-reactive ketones (excluding diaryl/α,β-unsaturated/α-hetero) is 1. The molecule has 1 aromatic rings. The molecule has 0 amide bonds. The number of ketones is 1. The van der Waals surface area contributed by atoms with Gasteiger partial charge in [-0.3, -0.25) is 4.79 Å². The first-order chi connectivity index (χ1) is 5.70. The van der Waals surface area contributed by atoms with Gasteiger partial charge < -0.3 is 0 Å². The molecule has 0 N–H and O–H groups in total. The van der Waals surface area contributed by atoms with Gasteiger partial charge in [-0.05, 0) is 19.1 Å². The number of carbonyl (C=O) groups excluding carboxylic acids is 1. The standard InChI is InChI=1S/C8H7BrO.C2H4/c1-6(10)7-2-4-8(9)5-3-7;1-2/h2-5H,1H3;1-2H2. The molecule has 1 aromatic carbocycles. The molecule has 0 saturated carbocycles. The van der Waals surface area contributed by atoms with Crippen molar-refractivity contribution in [3.63, 3.8) is 0 Å². The van der Waals surface area contributed by atoms with Gasteiger partial charge in [-0.15, -0.1) is 13.2 Å². The Morgan fingerprint density at radius 2 is 1.67 bits per heavy atom. The summed E-state index contributed by atoms with van der Waals surface area (Å²) in [6.45, 7) is 7.56. The highest BCUT2D eigenvalue weighted by Crippen LogP contribution is 2.10. The number of hydrogen-bond donors (Lipinski definition) is 0. The molecule has 2 heteroatoms. The molecule has 12 heavy (non-hydrogen) atoms. The van der Waals surface area contributed by atoms with Gasteiger partial charge >= 0.3 is 0 Å². The lowest BCUT2D eigenvalue weighted by Crippen LogP contribution is -1.89. The fraction of sp³-hybridized carbons (Fsp3) is 0.100. The molecule has 0 aromatic heterocycles. The summed E-state index contributed by atoms with van der Waals surface area (Å²) in [6, 6.07) is 7.31. The Morgan fingerprint density at radius 1 is 1.25 bits per heavy atom. The zero-order valence-electron chi connectivity index (χ0n) is 7.01. The van der Waals surface area contributed by atoms with Crippen LogP contribution in [0.2, 0.25) is 0 Å². The third-order valence-corrected chi connectivity index (χ3v) is 1.78. The molecule has 0 aliphatic rings. The fourth-order valence-corrected chi connectivity index (χ4v) is 0.949. The van der Waals surface area contributed by atoms with Gasteiger partial charge in [0.1, 0.15) is 0 Å². The lowest BCUT2D eigenvalue weighted by atomic mass is 10.2. The minimum atomic E-state index is 0.104. The number of hydrogen-bond acceptors (Lipinski definition) is 1. The highest BCUT2D eigenvalue weighted by molar-refractivity contribution is 9.10. The Labute approximate surface area is 81.2 Å². The van der Waals surface area contributed by atoms with Crippen molar-refractivity contribution < 1.29 is 4.79 Å². The molecule has 0 saturated heterocycles. The van der Waals surface area contributed by atoms with E-state index in [1.165, 1.54) is 0 Å². The molecule has 0 unspecified atom stereocenters. The molecular formula is C10H11BrO. The minimum Gasteiger partial charge on any atom is -0.295 e. The number of benzene rings is 1. The van der Waals surface area contributed by atoms with Gasteiger partial charge in [-0.1, -0.05) is 28.1 Å². The van der Waals surface area contributed by atoms with E-state index in [0.717, 1.165) is 10.0 Å². The lowest BCUT2D eigenvalue weighted by molar-refractivity contribution is 0.101. The van der Waals surface area contributed by atoms with E-state index in [4.69, 9.17) is 0 Å². The van der Waals surface area contributed by atoms with E-state index in [0.29, 0.717) is 0 Å². The van der Waals surface area contributed by atoms with Crippen molar-refractivity contribution in [1.82, 2.24) is 0 Å². The van der Waals surface area contributed by atoms with Crippen LogP contribution in [0.5, 0.6) is 0 Å². The number of rotatable bonds is 1. The molecule has 0 radical (unpaired) electrons. The van der Waals surface area contributed by atoms with Crippen LogP contribution in [0.25, 0.3) is 0 Å². The highest BCUT2D eigenvalue weighted by atomic mass is 79.9. The van der Waals surface area contributed by atoms with Crippen molar-refractivity contribution in [2.24, 2.45) is 0 Å². The first-order valence-corrected chi connectivity index (χ1v) is 4.26. The second-order valence-electron chi connectivity index (χ2n) is 2.06. The van der Waals surface area contributed by atoms with E-state index in [-0.39, 0.29) is 5.78 Å². The van der Waals surface area contributed by atoms with Crippen LogP contribution in [0.1, 0.15) is 17.3 Å². The van der Waals surface area contributed by atoms with Crippen LogP contribution in [-0.2, 0) is 0 Å². The van der Waals surface area contributed by atoms with Crippen LogP contribution < -0.4 is 0 Å². The molecule has 0 fully saturated rings. The molecule has 0 spiro atoms. The first-order valence-electron chi connectivity index (χ1n) is 3.46. The van der Waals surface area contributed by atoms with Gasteiger partial charge in [0.05, 0.1) is 0 Å². The normalized spacial score (nSPS) is 8.17. The SMILES string of the molecule is C=C.CC(=O)c1ccc(Br)cc1. The topological polar surface area (TPSA) is 17.1 Å². The molecule has 0 heterocycles. The molecule has 64 valence electrons. The maximum Gasteiger partial charge on any atom is 0.159 e. The summed E-state index contributed by atoms with van der Waals surface area (Å²) in [5.41, 5.74) is 0.753.